The molecule has 9 heteroatoms. The van der Waals surface area contributed by atoms with Gasteiger partial charge in [0, 0.05) is 13.1 Å². The van der Waals surface area contributed by atoms with Gasteiger partial charge in [0.05, 0.1) is 17.2 Å². The van der Waals surface area contributed by atoms with Gasteiger partial charge in [0.15, 0.2) is 0 Å². The third-order valence-corrected chi connectivity index (χ3v) is 8.34. The summed E-state index contributed by atoms with van der Waals surface area (Å²) in [6.45, 7) is 10.3. The summed E-state index contributed by atoms with van der Waals surface area (Å²) in [7, 11) is -4.14. The summed E-state index contributed by atoms with van der Waals surface area (Å²) >= 11 is 0. The van der Waals surface area contributed by atoms with Crippen LogP contribution in [0.3, 0.4) is 0 Å². The van der Waals surface area contributed by atoms with Gasteiger partial charge in [-0.15, -0.1) is 0 Å². The molecule has 0 radical (unpaired) electrons. The van der Waals surface area contributed by atoms with Gasteiger partial charge in [-0.1, -0.05) is 68.8 Å². The molecule has 0 fully saturated rings. The second kappa shape index (κ2) is 14.7. The van der Waals surface area contributed by atoms with E-state index < -0.39 is 28.5 Å². The number of para-hydroxylation sites is 1. The van der Waals surface area contributed by atoms with Crippen molar-refractivity contribution in [2.24, 2.45) is 5.92 Å². The molecule has 0 unspecified atom stereocenters. The molecule has 3 aromatic carbocycles. The summed E-state index contributed by atoms with van der Waals surface area (Å²) in [5.41, 5.74) is 2.23. The largest absolute Gasteiger partial charge is 0.494 e. The van der Waals surface area contributed by atoms with Crippen LogP contribution in [-0.2, 0) is 26.2 Å². The van der Waals surface area contributed by atoms with Gasteiger partial charge >= 0.3 is 0 Å². The number of ether oxygens (including phenoxy) is 1. The fraction of sp³-hybridized carbons (Fsp3) is 0.375. The topological polar surface area (TPSA) is 96.0 Å². The van der Waals surface area contributed by atoms with E-state index in [9.17, 15) is 18.0 Å². The van der Waals surface area contributed by atoms with E-state index in [1.165, 1.54) is 17.0 Å². The van der Waals surface area contributed by atoms with Gasteiger partial charge < -0.3 is 15.0 Å². The molecule has 0 aliphatic rings. The lowest BCUT2D eigenvalue weighted by molar-refractivity contribution is -0.140. The van der Waals surface area contributed by atoms with Gasteiger partial charge in [0.25, 0.3) is 10.0 Å². The van der Waals surface area contributed by atoms with Crippen LogP contribution in [0.25, 0.3) is 0 Å². The van der Waals surface area contributed by atoms with E-state index in [0.717, 1.165) is 15.4 Å². The highest BCUT2D eigenvalue weighted by Crippen LogP contribution is 2.26. The zero-order valence-corrected chi connectivity index (χ0v) is 25.4. The number of benzene rings is 3. The minimum Gasteiger partial charge on any atom is -0.494 e. The zero-order chi connectivity index (χ0) is 30.0. The molecule has 220 valence electrons. The standard InChI is InChI=1S/C32H41N3O5S/c1-6-30(32(37)33-21-24(3)4)34(22-26-13-11-12-25(5)20-26)31(36)23-35(27-14-9-8-10-15-27)41(38,39)29-18-16-28(17-19-29)40-7-2/h8-20,24,30H,6-7,21-23H2,1-5H3,(H,33,37)/t30-/m1/s1. The number of hydrogen-bond donors (Lipinski definition) is 1. The molecule has 8 nitrogen and oxygen atoms in total. The minimum absolute atomic E-state index is 0.0320. The molecular weight excluding hydrogens is 538 g/mol. The van der Waals surface area contributed by atoms with E-state index in [4.69, 9.17) is 4.74 Å². The molecule has 0 aliphatic carbocycles. The fourth-order valence-electron chi connectivity index (χ4n) is 4.47. The SMILES string of the molecule is CCOc1ccc(S(=O)(=O)N(CC(=O)N(Cc2cccc(C)c2)[C@H](CC)C(=O)NCC(C)C)c2ccccc2)cc1. The van der Waals surface area contributed by atoms with Crippen molar-refractivity contribution < 1.29 is 22.7 Å². The molecule has 0 saturated carbocycles. The van der Waals surface area contributed by atoms with Crippen molar-refractivity contribution in [2.45, 2.75) is 58.5 Å². The molecule has 3 aromatic rings. The smallest absolute Gasteiger partial charge is 0.264 e. The number of nitrogens with zero attached hydrogens (tertiary/aromatic N) is 2. The maximum atomic E-state index is 14.1. The van der Waals surface area contributed by atoms with Gasteiger partial charge in [-0.3, -0.25) is 13.9 Å². The van der Waals surface area contributed by atoms with Crippen molar-refractivity contribution in [3.05, 3.63) is 90.0 Å². The molecule has 0 heterocycles. The molecule has 1 atom stereocenters. The first-order valence-corrected chi connectivity index (χ1v) is 15.4. The van der Waals surface area contributed by atoms with Crippen LogP contribution in [0, 0.1) is 12.8 Å². The van der Waals surface area contributed by atoms with E-state index in [-0.39, 0.29) is 23.3 Å². The Bertz CT molecular complexity index is 1390. The van der Waals surface area contributed by atoms with Gasteiger partial charge in [0.2, 0.25) is 11.8 Å². The van der Waals surface area contributed by atoms with Crippen molar-refractivity contribution in [1.29, 1.82) is 0 Å². The quantitative estimate of drug-likeness (QED) is 0.284. The number of sulfonamides is 1. The lowest BCUT2D eigenvalue weighted by Gasteiger charge is -2.33. The van der Waals surface area contributed by atoms with Gasteiger partial charge in [-0.25, -0.2) is 8.42 Å². The molecule has 0 aromatic heterocycles. The summed E-state index contributed by atoms with van der Waals surface area (Å²) < 4.78 is 34.5. The van der Waals surface area contributed by atoms with Gasteiger partial charge in [0.1, 0.15) is 18.3 Å². The maximum Gasteiger partial charge on any atom is 0.264 e. The van der Waals surface area contributed by atoms with Crippen LogP contribution in [0.5, 0.6) is 5.75 Å². The molecule has 1 N–H and O–H groups in total. The molecule has 2 amide bonds. The van der Waals surface area contributed by atoms with Crippen LogP contribution < -0.4 is 14.4 Å². The third kappa shape index (κ3) is 8.57. The van der Waals surface area contributed by atoms with E-state index in [1.54, 1.807) is 42.5 Å². The average Bonchev–Trinajstić information content (AvgIpc) is 2.95. The van der Waals surface area contributed by atoms with Crippen molar-refractivity contribution in [3.63, 3.8) is 0 Å². The molecule has 0 aliphatic heterocycles. The van der Waals surface area contributed by atoms with Crippen molar-refractivity contribution in [3.8, 4) is 5.75 Å². The van der Waals surface area contributed by atoms with E-state index in [2.05, 4.69) is 5.32 Å². The second-order valence-corrected chi connectivity index (χ2v) is 12.2. The summed E-state index contributed by atoms with van der Waals surface area (Å²) in [4.78, 5) is 28.9. The Morgan fingerprint density at radius 2 is 1.61 bits per heavy atom. The Kier molecular flexibility index (Phi) is 11.3. The predicted octanol–water partition coefficient (Wildman–Crippen LogP) is 5.17. The summed E-state index contributed by atoms with van der Waals surface area (Å²) in [6.07, 6.45) is 0.373. The Hall–Kier alpha value is -3.85. The molecule has 0 spiro atoms. The third-order valence-electron chi connectivity index (χ3n) is 6.55. The Morgan fingerprint density at radius 3 is 2.20 bits per heavy atom. The summed E-state index contributed by atoms with van der Waals surface area (Å²) in [5, 5.41) is 2.95. The van der Waals surface area contributed by atoms with E-state index >= 15 is 0 Å². The van der Waals surface area contributed by atoms with Crippen LogP contribution in [0.2, 0.25) is 0 Å². The number of carbonyl (C=O) groups is 2. The normalized spacial score (nSPS) is 12.0. The van der Waals surface area contributed by atoms with Crippen LogP contribution in [0.4, 0.5) is 5.69 Å². The van der Waals surface area contributed by atoms with E-state index in [1.807, 2.05) is 58.9 Å². The number of hydrogen-bond acceptors (Lipinski definition) is 5. The Balaban J connectivity index is 2.01. The highest BCUT2D eigenvalue weighted by atomic mass is 32.2. The molecule has 0 saturated heterocycles. The van der Waals surface area contributed by atoms with Gasteiger partial charge in [-0.2, -0.15) is 0 Å². The lowest BCUT2D eigenvalue weighted by atomic mass is 10.1. The highest BCUT2D eigenvalue weighted by molar-refractivity contribution is 7.92. The fourth-order valence-corrected chi connectivity index (χ4v) is 5.89. The average molecular weight is 580 g/mol. The first kappa shape index (κ1) is 31.7. The maximum absolute atomic E-state index is 14.1. The Morgan fingerprint density at radius 1 is 0.927 bits per heavy atom. The predicted molar refractivity (Wildman–Crippen MR) is 162 cm³/mol. The van der Waals surface area contributed by atoms with Crippen molar-refractivity contribution >= 4 is 27.5 Å². The zero-order valence-electron chi connectivity index (χ0n) is 24.5. The number of aryl methyl sites for hydroxylation is 1. The van der Waals surface area contributed by atoms with Crippen LogP contribution in [0.1, 0.15) is 45.2 Å². The van der Waals surface area contributed by atoms with Gasteiger partial charge in [-0.05, 0) is 68.1 Å². The first-order valence-electron chi connectivity index (χ1n) is 14.0. The number of carbonyl (C=O) groups excluding carboxylic acids is 2. The lowest BCUT2D eigenvalue weighted by Crippen LogP contribution is -2.52. The van der Waals surface area contributed by atoms with Crippen LogP contribution in [0.15, 0.2) is 83.8 Å². The Labute approximate surface area is 244 Å². The minimum atomic E-state index is -4.14. The first-order chi connectivity index (χ1) is 19.6. The molecule has 3 rings (SSSR count). The van der Waals surface area contributed by atoms with E-state index in [0.29, 0.717) is 31.0 Å². The molecule has 0 bridgehead atoms. The van der Waals surface area contributed by atoms with Crippen molar-refractivity contribution in [1.82, 2.24) is 10.2 Å². The highest BCUT2D eigenvalue weighted by Gasteiger charge is 2.33. The monoisotopic (exact) mass is 579 g/mol. The number of rotatable bonds is 14. The second-order valence-electron chi connectivity index (χ2n) is 10.3. The summed E-state index contributed by atoms with van der Waals surface area (Å²) in [6, 6.07) is 21.6. The summed E-state index contributed by atoms with van der Waals surface area (Å²) in [5.74, 6) is 0.0563. The van der Waals surface area contributed by atoms with Crippen molar-refractivity contribution in [2.75, 3.05) is 24.0 Å². The number of amides is 2. The van der Waals surface area contributed by atoms with Crippen LogP contribution >= 0.6 is 0 Å². The molecular formula is C32H41N3O5S. The number of nitrogens with one attached hydrogen (secondary N) is 1. The van der Waals surface area contributed by atoms with Crippen LogP contribution in [-0.4, -0.2) is 50.9 Å². The number of anilines is 1. The molecule has 41 heavy (non-hydrogen) atoms.